The molecule has 1 saturated heterocycles. The molecule has 2 atom stereocenters. The molecule has 1 amide bonds. The smallest absolute Gasteiger partial charge is 0.355 e. The largest absolute Gasteiger partial charge is 0.461 e. The van der Waals surface area contributed by atoms with Gasteiger partial charge in [0.1, 0.15) is 23.3 Å². The Labute approximate surface area is 149 Å². The fourth-order valence-corrected chi connectivity index (χ4v) is 3.71. The molecule has 0 radical (unpaired) electrons. The van der Waals surface area contributed by atoms with E-state index in [0.29, 0.717) is 11.3 Å². The average Bonchev–Trinajstić information content (AvgIpc) is 2.47. The molecule has 0 saturated carbocycles. The summed E-state index contributed by atoms with van der Waals surface area (Å²) in [5.41, 5.74) is -0.200. The summed E-state index contributed by atoms with van der Waals surface area (Å²) in [7, 11) is 0. The van der Waals surface area contributed by atoms with Crippen molar-refractivity contribution in [1.82, 2.24) is 4.90 Å². The normalized spacial score (nSPS) is 22.8. The SMILES string of the molecule is CC(=O)OCC1=C(C(=O)OC(C)(C)C)N2C(=O)[C@H](OC(C)=O)[C@H]2SC1. The molecule has 8 nitrogen and oxygen atoms in total. The fraction of sp³-hybridized carbons (Fsp3) is 0.625. The number of hydrogen-bond donors (Lipinski definition) is 0. The van der Waals surface area contributed by atoms with Gasteiger partial charge in [-0.2, -0.15) is 0 Å². The van der Waals surface area contributed by atoms with Crippen LogP contribution in [0.1, 0.15) is 34.6 Å². The molecule has 138 valence electrons. The predicted octanol–water partition coefficient (Wildman–Crippen LogP) is 0.992. The standard InChI is InChI=1S/C16H21NO7S/c1-8(18)22-6-10-7-25-14-12(23-9(2)19)13(20)17(14)11(10)15(21)24-16(3,4)5/h12,14H,6-7H2,1-5H3/t12-,14+/m0/s1. The first-order chi connectivity index (χ1) is 11.5. The van der Waals surface area contributed by atoms with Crippen molar-refractivity contribution in [3.05, 3.63) is 11.3 Å². The second-order valence-corrected chi connectivity index (χ2v) is 7.78. The van der Waals surface area contributed by atoms with Crippen LogP contribution in [0, 0.1) is 0 Å². The van der Waals surface area contributed by atoms with E-state index in [1.165, 1.54) is 30.5 Å². The number of esters is 3. The van der Waals surface area contributed by atoms with Gasteiger partial charge in [0.05, 0.1) is 0 Å². The molecular formula is C16H21NO7S. The predicted molar refractivity (Wildman–Crippen MR) is 88.2 cm³/mol. The van der Waals surface area contributed by atoms with Crippen molar-refractivity contribution in [3.63, 3.8) is 0 Å². The van der Waals surface area contributed by atoms with E-state index >= 15 is 0 Å². The number of hydrogen-bond acceptors (Lipinski definition) is 8. The number of fused-ring (bicyclic) bond motifs is 1. The number of rotatable bonds is 4. The lowest BCUT2D eigenvalue weighted by molar-refractivity contribution is -0.175. The van der Waals surface area contributed by atoms with E-state index in [2.05, 4.69) is 0 Å². The van der Waals surface area contributed by atoms with Gasteiger partial charge < -0.3 is 14.2 Å². The van der Waals surface area contributed by atoms with Crippen molar-refractivity contribution < 1.29 is 33.4 Å². The number of carbonyl (C=O) groups is 4. The molecular weight excluding hydrogens is 350 g/mol. The zero-order valence-corrected chi connectivity index (χ0v) is 15.6. The van der Waals surface area contributed by atoms with E-state index in [0.717, 1.165) is 0 Å². The van der Waals surface area contributed by atoms with Crippen LogP contribution in [0.5, 0.6) is 0 Å². The van der Waals surface area contributed by atoms with Crippen LogP contribution in [0.15, 0.2) is 11.3 Å². The van der Waals surface area contributed by atoms with Gasteiger partial charge in [0, 0.05) is 25.2 Å². The fourth-order valence-electron chi connectivity index (χ4n) is 2.42. The third-order valence-corrected chi connectivity index (χ3v) is 4.65. The topological polar surface area (TPSA) is 99.2 Å². The number of ether oxygens (including phenoxy) is 3. The lowest BCUT2D eigenvalue weighted by Crippen LogP contribution is -2.66. The minimum atomic E-state index is -0.921. The summed E-state index contributed by atoms with van der Waals surface area (Å²) in [6.07, 6.45) is -0.921. The molecule has 0 aromatic heterocycles. The van der Waals surface area contributed by atoms with Crippen LogP contribution in [0.4, 0.5) is 0 Å². The Morgan fingerprint density at radius 2 is 1.84 bits per heavy atom. The average molecular weight is 371 g/mol. The van der Waals surface area contributed by atoms with Crippen molar-refractivity contribution in [2.45, 2.75) is 51.7 Å². The van der Waals surface area contributed by atoms with Crippen molar-refractivity contribution in [2.24, 2.45) is 0 Å². The van der Waals surface area contributed by atoms with E-state index in [9.17, 15) is 19.2 Å². The first-order valence-electron chi connectivity index (χ1n) is 7.72. The number of carbonyl (C=O) groups excluding carboxylic acids is 4. The Morgan fingerprint density at radius 1 is 1.20 bits per heavy atom. The van der Waals surface area contributed by atoms with Crippen molar-refractivity contribution >= 4 is 35.6 Å². The molecule has 0 aromatic rings. The van der Waals surface area contributed by atoms with Gasteiger partial charge in [0.2, 0.25) is 6.10 Å². The zero-order chi connectivity index (χ0) is 18.9. The van der Waals surface area contributed by atoms with Crippen LogP contribution < -0.4 is 0 Å². The highest BCUT2D eigenvalue weighted by Crippen LogP contribution is 2.42. The van der Waals surface area contributed by atoms with Gasteiger partial charge in [-0.25, -0.2) is 4.79 Å². The zero-order valence-electron chi connectivity index (χ0n) is 14.8. The minimum Gasteiger partial charge on any atom is -0.461 e. The molecule has 2 rings (SSSR count). The third-order valence-electron chi connectivity index (χ3n) is 3.33. The Balaban J connectivity index is 2.30. The first kappa shape index (κ1) is 19.3. The van der Waals surface area contributed by atoms with Gasteiger partial charge >= 0.3 is 17.9 Å². The monoisotopic (exact) mass is 371 g/mol. The number of nitrogens with zero attached hydrogens (tertiary/aromatic N) is 1. The second-order valence-electron chi connectivity index (χ2n) is 6.67. The third kappa shape index (κ3) is 4.33. The summed E-state index contributed by atoms with van der Waals surface area (Å²) in [5.74, 6) is -1.86. The van der Waals surface area contributed by atoms with Gasteiger partial charge in [0.15, 0.2) is 0 Å². The highest BCUT2D eigenvalue weighted by molar-refractivity contribution is 8.00. The van der Waals surface area contributed by atoms with Gasteiger partial charge in [-0.3, -0.25) is 19.3 Å². The summed E-state index contributed by atoms with van der Waals surface area (Å²) >= 11 is 1.34. The highest BCUT2D eigenvalue weighted by atomic mass is 32.2. The van der Waals surface area contributed by atoms with Gasteiger partial charge in [-0.1, -0.05) is 0 Å². The Bertz CT molecular complexity index is 649. The molecule has 2 aliphatic heterocycles. The van der Waals surface area contributed by atoms with Gasteiger partial charge in [0.25, 0.3) is 5.91 Å². The molecule has 0 spiro atoms. The molecule has 0 bridgehead atoms. The van der Waals surface area contributed by atoms with E-state index in [1.807, 2.05) is 0 Å². The highest BCUT2D eigenvalue weighted by Gasteiger charge is 2.56. The summed E-state index contributed by atoms with van der Waals surface area (Å²) in [6, 6.07) is 0. The van der Waals surface area contributed by atoms with Gasteiger partial charge in [-0.05, 0) is 20.8 Å². The molecule has 0 aliphatic carbocycles. The molecule has 2 heterocycles. The van der Waals surface area contributed by atoms with Crippen LogP contribution >= 0.6 is 11.8 Å². The first-order valence-corrected chi connectivity index (χ1v) is 8.77. The minimum absolute atomic E-state index is 0.0633. The summed E-state index contributed by atoms with van der Waals surface area (Å²) < 4.78 is 15.4. The quantitative estimate of drug-likeness (QED) is 0.410. The number of β-lactam (4-membered cyclic amide) rings is 1. The van der Waals surface area contributed by atoms with E-state index < -0.39 is 40.9 Å². The van der Waals surface area contributed by atoms with Crippen molar-refractivity contribution in [3.8, 4) is 0 Å². The molecule has 0 aromatic carbocycles. The molecule has 2 aliphatic rings. The van der Waals surface area contributed by atoms with E-state index in [-0.39, 0.29) is 12.3 Å². The Morgan fingerprint density at radius 3 is 2.36 bits per heavy atom. The molecule has 1 fully saturated rings. The lowest BCUT2D eigenvalue weighted by atomic mass is 10.0. The maximum Gasteiger partial charge on any atom is 0.355 e. The second kappa shape index (κ2) is 7.07. The molecule has 9 heteroatoms. The van der Waals surface area contributed by atoms with Gasteiger partial charge in [-0.15, -0.1) is 11.8 Å². The van der Waals surface area contributed by atoms with Crippen LogP contribution in [-0.4, -0.2) is 58.2 Å². The molecule has 25 heavy (non-hydrogen) atoms. The summed E-state index contributed by atoms with van der Waals surface area (Å²) in [5, 5.41) is -0.486. The van der Waals surface area contributed by atoms with Crippen molar-refractivity contribution in [2.75, 3.05) is 12.4 Å². The maximum absolute atomic E-state index is 12.6. The lowest BCUT2D eigenvalue weighted by Gasteiger charge is -2.48. The molecule has 0 N–H and O–H groups in total. The van der Waals surface area contributed by atoms with E-state index in [1.54, 1.807) is 20.8 Å². The van der Waals surface area contributed by atoms with Crippen molar-refractivity contribution in [1.29, 1.82) is 0 Å². The van der Waals surface area contributed by atoms with E-state index in [4.69, 9.17) is 14.2 Å². The summed E-state index contributed by atoms with van der Waals surface area (Å²) in [6.45, 7) is 7.52. The number of amides is 1. The summed E-state index contributed by atoms with van der Waals surface area (Å²) in [4.78, 5) is 48.5. The number of thioether (sulfide) groups is 1. The Kier molecular flexibility index (Phi) is 5.46. The van der Waals surface area contributed by atoms with Crippen LogP contribution in [0.25, 0.3) is 0 Å². The van der Waals surface area contributed by atoms with Crippen LogP contribution in [-0.2, 0) is 33.4 Å². The van der Waals surface area contributed by atoms with Crippen LogP contribution in [0.2, 0.25) is 0 Å². The maximum atomic E-state index is 12.6. The van der Waals surface area contributed by atoms with Crippen LogP contribution in [0.3, 0.4) is 0 Å². The molecule has 0 unspecified atom stereocenters. The Hall–Kier alpha value is -2.03.